The standard InChI is InChI=1S/C23H20N4OS/c1-14-7-6-8-17(11-14)25-23(28)16(3)29-21-12-15(2)18(13-24)22-26-19-9-4-5-10-20(19)27(21)22/h4-12,16H,1-3H3,(H,25,28)/t16-/m1/s1. The van der Waals surface area contributed by atoms with Gasteiger partial charge in [-0.25, -0.2) is 4.98 Å². The largest absolute Gasteiger partial charge is 0.325 e. The first-order chi connectivity index (χ1) is 14.0. The maximum atomic E-state index is 12.8. The number of para-hydroxylation sites is 2. The Bertz CT molecular complexity index is 1290. The number of hydrogen-bond donors (Lipinski definition) is 1. The highest BCUT2D eigenvalue weighted by molar-refractivity contribution is 8.00. The number of carbonyl (C=O) groups excluding carboxylic acids is 1. The van der Waals surface area contributed by atoms with E-state index in [1.54, 1.807) is 0 Å². The summed E-state index contributed by atoms with van der Waals surface area (Å²) in [6.45, 7) is 5.78. The Morgan fingerprint density at radius 3 is 2.72 bits per heavy atom. The number of imidazole rings is 1. The zero-order valence-corrected chi connectivity index (χ0v) is 17.2. The van der Waals surface area contributed by atoms with Gasteiger partial charge in [0, 0.05) is 5.69 Å². The van der Waals surface area contributed by atoms with Crippen LogP contribution in [0.25, 0.3) is 16.7 Å². The Hall–Kier alpha value is -3.30. The lowest BCUT2D eigenvalue weighted by Gasteiger charge is -2.15. The van der Waals surface area contributed by atoms with Crippen LogP contribution in [0.1, 0.15) is 23.6 Å². The first-order valence-corrected chi connectivity index (χ1v) is 10.2. The minimum absolute atomic E-state index is 0.0693. The molecule has 0 radical (unpaired) electrons. The summed E-state index contributed by atoms with van der Waals surface area (Å²) in [6, 6.07) is 19.8. The summed E-state index contributed by atoms with van der Waals surface area (Å²) in [6.07, 6.45) is 0. The maximum absolute atomic E-state index is 12.8. The molecule has 0 fully saturated rings. The number of rotatable bonds is 4. The number of thioether (sulfide) groups is 1. The van der Waals surface area contributed by atoms with E-state index >= 15 is 0 Å². The summed E-state index contributed by atoms with van der Waals surface area (Å²) >= 11 is 1.46. The number of nitriles is 1. The second-order valence-corrected chi connectivity index (χ2v) is 8.39. The third kappa shape index (κ3) is 3.57. The molecule has 4 rings (SSSR count). The van der Waals surface area contributed by atoms with E-state index in [-0.39, 0.29) is 11.2 Å². The molecule has 0 aliphatic rings. The molecule has 1 atom stereocenters. The van der Waals surface area contributed by atoms with E-state index in [0.29, 0.717) is 11.2 Å². The maximum Gasteiger partial charge on any atom is 0.237 e. The molecule has 6 heteroatoms. The molecule has 5 nitrogen and oxygen atoms in total. The van der Waals surface area contributed by atoms with Crippen molar-refractivity contribution in [1.82, 2.24) is 9.38 Å². The van der Waals surface area contributed by atoms with E-state index in [1.165, 1.54) is 11.8 Å². The highest BCUT2D eigenvalue weighted by Gasteiger charge is 2.20. The second kappa shape index (κ2) is 7.61. The smallest absolute Gasteiger partial charge is 0.237 e. The normalized spacial score (nSPS) is 12.1. The highest BCUT2D eigenvalue weighted by atomic mass is 32.2. The summed E-state index contributed by atoms with van der Waals surface area (Å²) in [5.74, 6) is -0.0693. The van der Waals surface area contributed by atoms with Gasteiger partial charge in [0.2, 0.25) is 5.91 Å². The van der Waals surface area contributed by atoms with Crippen molar-refractivity contribution in [1.29, 1.82) is 5.26 Å². The number of amides is 1. The molecule has 0 bridgehead atoms. The predicted molar refractivity (Wildman–Crippen MR) is 117 cm³/mol. The zero-order chi connectivity index (χ0) is 20.5. The fourth-order valence-corrected chi connectivity index (χ4v) is 4.40. The molecule has 1 N–H and O–H groups in total. The molecular weight excluding hydrogens is 380 g/mol. The van der Waals surface area contributed by atoms with Crippen LogP contribution in [-0.2, 0) is 4.79 Å². The number of aromatic nitrogens is 2. The first-order valence-electron chi connectivity index (χ1n) is 9.33. The zero-order valence-electron chi connectivity index (χ0n) is 16.4. The van der Waals surface area contributed by atoms with Crippen LogP contribution >= 0.6 is 11.8 Å². The number of fused-ring (bicyclic) bond motifs is 3. The van der Waals surface area contributed by atoms with Crippen LogP contribution in [0.3, 0.4) is 0 Å². The van der Waals surface area contributed by atoms with Gasteiger partial charge in [-0.15, -0.1) is 0 Å². The Morgan fingerprint density at radius 1 is 1.17 bits per heavy atom. The molecule has 2 heterocycles. The van der Waals surface area contributed by atoms with Crippen molar-refractivity contribution in [3.8, 4) is 6.07 Å². The van der Waals surface area contributed by atoms with E-state index in [2.05, 4.69) is 16.4 Å². The Morgan fingerprint density at radius 2 is 1.97 bits per heavy atom. The van der Waals surface area contributed by atoms with Crippen LogP contribution in [0.15, 0.2) is 59.6 Å². The summed E-state index contributed by atoms with van der Waals surface area (Å²) in [5.41, 5.74) is 5.67. The monoisotopic (exact) mass is 400 g/mol. The first kappa shape index (κ1) is 19.0. The number of nitrogens with zero attached hydrogens (tertiary/aromatic N) is 3. The molecule has 0 saturated carbocycles. The van der Waals surface area contributed by atoms with Gasteiger partial charge in [0.25, 0.3) is 0 Å². The van der Waals surface area contributed by atoms with Gasteiger partial charge in [0.05, 0.1) is 26.9 Å². The van der Waals surface area contributed by atoms with Crippen LogP contribution in [0.4, 0.5) is 5.69 Å². The third-order valence-electron chi connectivity index (χ3n) is 4.80. The minimum Gasteiger partial charge on any atom is -0.325 e. The Labute approximate surface area is 173 Å². The summed E-state index contributed by atoms with van der Waals surface area (Å²) in [7, 11) is 0. The van der Waals surface area contributed by atoms with Crippen LogP contribution in [-0.4, -0.2) is 20.5 Å². The summed E-state index contributed by atoms with van der Waals surface area (Å²) in [5, 5.41) is 13.2. The molecule has 29 heavy (non-hydrogen) atoms. The quantitative estimate of drug-likeness (QED) is 0.484. The summed E-state index contributed by atoms with van der Waals surface area (Å²) in [4.78, 5) is 17.4. The number of carbonyl (C=O) groups is 1. The SMILES string of the molecule is Cc1cccc(NC(=O)[C@@H](C)Sc2cc(C)c(C#N)c3nc4ccccc4n23)c1. The minimum atomic E-state index is -0.327. The van der Waals surface area contributed by atoms with E-state index in [1.807, 2.05) is 79.8 Å². The molecule has 2 aromatic heterocycles. The van der Waals surface area contributed by atoms with Gasteiger partial charge in [-0.05, 0) is 62.2 Å². The lowest BCUT2D eigenvalue weighted by molar-refractivity contribution is -0.115. The number of anilines is 1. The fourth-order valence-electron chi connectivity index (χ4n) is 3.34. The molecule has 0 spiro atoms. The Kier molecular flexibility index (Phi) is 4.99. The van der Waals surface area contributed by atoms with Crippen LogP contribution in [0.5, 0.6) is 0 Å². The van der Waals surface area contributed by atoms with Gasteiger partial charge in [-0.1, -0.05) is 36.0 Å². The molecule has 1 amide bonds. The predicted octanol–water partition coefficient (Wildman–Crippen LogP) is 5.10. The number of pyridine rings is 1. The van der Waals surface area contributed by atoms with Gasteiger partial charge in [-0.3, -0.25) is 9.20 Å². The molecule has 2 aromatic carbocycles. The highest BCUT2D eigenvalue weighted by Crippen LogP contribution is 2.31. The second-order valence-electron chi connectivity index (χ2n) is 7.03. The van der Waals surface area contributed by atoms with Gasteiger partial charge in [-0.2, -0.15) is 5.26 Å². The number of aryl methyl sites for hydroxylation is 2. The van der Waals surface area contributed by atoms with Crippen molar-refractivity contribution in [3.05, 3.63) is 71.3 Å². The average molecular weight is 401 g/mol. The van der Waals surface area contributed by atoms with Crippen molar-refractivity contribution in [2.45, 2.75) is 31.0 Å². The van der Waals surface area contributed by atoms with Crippen LogP contribution in [0, 0.1) is 25.2 Å². The molecule has 0 saturated heterocycles. The van der Waals surface area contributed by atoms with E-state index in [9.17, 15) is 10.1 Å². The topological polar surface area (TPSA) is 70.2 Å². The van der Waals surface area contributed by atoms with E-state index in [4.69, 9.17) is 0 Å². The van der Waals surface area contributed by atoms with Crippen molar-refractivity contribution >= 4 is 40.0 Å². The molecule has 144 valence electrons. The fraction of sp³-hybridized carbons (Fsp3) is 0.174. The molecule has 4 aromatic rings. The third-order valence-corrected chi connectivity index (χ3v) is 5.91. The van der Waals surface area contributed by atoms with Gasteiger partial charge >= 0.3 is 0 Å². The van der Waals surface area contributed by atoms with E-state index < -0.39 is 0 Å². The lowest BCUT2D eigenvalue weighted by atomic mass is 10.2. The average Bonchev–Trinajstić information content (AvgIpc) is 3.07. The van der Waals surface area contributed by atoms with Crippen LogP contribution in [0.2, 0.25) is 0 Å². The summed E-state index contributed by atoms with van der Waals surface area (Å²) < 4.78 is 1.97. The van der Waals surface area contributed by atoms with Crippen molar-refractivity contribution in [2.75, 3.05) is 5.32 Å². The van der Waals surface area contributed by atoms with Gasteiger partial charge in [0.1, 0.15) is 6.07 Å². The van der Waals surface area contributed by atoms with Crippen molar-refractivity contribution in [3.63, 3.8) is 0 Å². The molecule has 0 aliphatic heterocycles. The van der Waals surface area contributed by atoms with E-state index in [0.717, 1.165) is 32.9 Å². The van der Waals surface area contributed by atoms with Gasteiger partial charge in [0.15, 0.2) is 5.65 Å². The Balaban J connectivity index is 1.72. The lowest BCUT2D eigenvalue weighted by Crippen LogP contribution is -2.22. The number of nitrogens with one attached hydrogen (secondary N) is 1. The molecule has 0 aliphatic carbocycles. The molecule has 0 unspecified atom stereocenters. The van der Waals surface area contributed by atoms with Gasteiger partial charge < -0.3 is 5.32 Å². The van der Waals surface area contributed by atoms with Crippen LogP contribution < -0.4 is 5.32 Å². The van der Waals surface area contributed by atoms with Crippen molar-refractivity contribution in [2.24, 2.45) is 0 Å². The van der Waals surface area contributed by atoms with Crippen molar-refractivity contribution < 1.29 is 4.79 Å². The molecular formula is C23H20N4OS. The number of benzene rings is 2. The number of hydrogen-bond acceptors (Lipinski definition) is 4.